The molecule has 0 saturated carbocycles. The van der Waals surface area contributed by atoms with Gasteiger partial charge in [0.15, 0.2) is 0 Å². The maximum absolute atomic E-state index is 12.3. The summed E-state index contributed by atoms with van der Waals surface area (Å²) in [6, 6.07) is 8.59. The van der Waals surface area contributed by atoms with E-state index in [9.17, 15) is 4.79 Å². The van der Waals surface area contributed by atoms with Crippen LogP contribution in [0, 0.1) is 0 Å². The van der Waals surface area contributed by atoms with Crippen LogP contribution in [-0.4, -0.2) is 67.6 Å². The summed E-state index contributed by atoms with van der Waals surface area (Å²) in [7, 11) is 0. The van der Waals surface area contributed by atoms with Crippen LogP contribution in [-0.2, 0) is 4.79 Å². The van der Waals surface area contributed by atoms with E-state index in [1.54, 1.807) is 0 Å². The van der Waals surface area contributed by atoms with Gasteiger partial charge in [0, 0.05) is 62.4 Å². The summed E-state index contributed by atoms with van der Waals surface area (Å²) in [5.41, 5.74) is 6.73. The molecule has 0 aliphatic carbocycles. The lowest BCUT2D eigenvalue weighted by Crippen LogP contribution is -2.55. The van der Waals surface area contributed by atoms with Gasteiger partial charge in [0.05, 0.1) is 0 Å². The zero-order chi connectivity index (χ0) is 17.6. The molecular weight excluding hydrogens is 336 g/mol. The second-order valence-corrected chi connectivity index (χ2v) is 7.47. The number of halogens is 1. The van der Waals surface area contributed by atoms with Crippen molar-refractivity contribution in [3.63, 3.8) is 0 Å². The van der Waals surface area contributed by atoms with Crippen LogP contribution in [0.3, 0.4) is 0 Å². The summed E-state index contributed by atoms with van der Waals surface area (Å²) in [6.07, 6.45) is 3.68. The van der Waals surface area contributed by atoms with Crippen molar-refractivity contribution in [2.24, 2.45) is 5.73 Å². The lowest BCUT2D eigenvalue weighted by molar-refractivity contribution is -0.133. The molecule has 1 aromatic rings. The van der Waals surface area contributed by atoms with Crippen LogP contribution in [0.5, 0.6) is 0 Å². The number of anilines is 1. The number of piperidine rings is 1. The quantitative estimate of drug-likeness (QED) is 0.870. The Balaban J connectivity index is 1.51. The SMILES string of the molecule is NCCCC(=O)N1CCCC(N2CCN(c3cccc(Cl)c3)CC2)C1. The number of carbonyl (C=O) groups excluding carboxylic acids is 1. The Labute approximate surface area is 155 Å². The second kappa shape index (κ2) is 8.88. The van der Waals surface area contributed by atoms with Crippen molar-refractivity contribution in [3.05, 3.63) is 29.3 Å². The van der Waals surface area contributed by atoms with Crippen LogP contribution in [0.15, 0.2) is 24.3 Å². The van der Waals surface area contributed by atoms with Gasteiger partial charge in [-0.3, -0.25) is 9.69 Å². The molecule has 1 unspecified atom stereocenters. The van der Waals surface area contributed by atoms with Gasteiger partial charge in [-0.15, -0.1) is 0 Å². The van der Waals surface area contributed by atoms with E-state index in [-0.39, 0.29) is 5.91 Å². The molecule has 2 fully saturated rings. The molecule has 2 aliphatic rings. The first-order valence-electron chi connectivity index (χ1n) is 9.40. The molecule has 138 valence electrons. The van der Waals surface area contributed by atoms with Gasteiger partial charge in [-0.05, 0) is 44.0 Å². The minimum atomic E-state index is 0.271. The maximum atomic E-state index is 12.3. The summed E-state index contributed by atoms with van der Waals surface area (Å²) in [5.74, 6) is 0.271. The number of hydrogen-bond acceptors (Lipinski definition) is 4. The highest BCUT2D eigenvalue weighted by Crippen LogP contribution is 2.23. The third-order valence-electron chi connectivity index (χ3n) is 5.35. The van der Waals surface area contributed by atoms with Crippen LogP contribution in [0.1, 0.15) is 25.7 Å². The number of nitrogens with zero attached hydrogens (tertiary/aromatic N) is 3. The first kappa shape index (κ1) is 18.5. The first-order valence-corrected chi connectivity index (χ1v) is 9.77. The fourth-order valence-electron chi connectivity index (χ4n) is 3.91. The minimum absolute atomic E-state index is 0.271. The topological polar surface area (TPSA) is 52.8 Å². The van der Waals surface area contributed by atoms with Crippen LogP contribution in [0.2, 0.25) is 5.02 Å². The predicted octanol–water partition coefficient (Wildman–Crippen LogP) is 2.19. The van der Waals surface area contributed by atoms with E-state index in [1.807, 2.05) is 23.1 Å². The maximum Gasteiger partial charge on any atom is 0.222 e. The Bertz CT molecular complexity index is 574. The molecule has 6 heteroatoms. The Morgan fingerprint density at radius 3 is 2.72 bits per heavy atom. The van der Waals surface area contributed by atoms with Gasteiger partial charge < -0.3 is 15.5 Å². The lowest BCUT2D eigenvalue weighted by Gasteiger charge is -2.44. The predicted molar refractivity (Wildman–Crippen MR) is 103 cm³/mol. The zero-order valence-electron chi connectivity index (χ0n) is 14.9. The van der Waals surface area contributed by atoms with Gasteiger partial charge in [-0.2, -0.15) is 0 Å². The van der Waals surface area contributed by atoms with Crippen LogP contribution in [0.25, 0.3) is 0 Å². The molecule has 2 N–H and O–H groups in total. The smallest absolute Gasteiger partial charge is 0.222 e. The number of hydrogen-bond donors (Lipinski definition) is 1. The molecule has 2 heterocycles. The van der Waals surface area contributed by atoms with Crippen LogP contribution >= 0.6 is 11.6 Å². The van der Waals surface area contributed by atoms with E-state index in [0.717, 1.165) is 57.1 Å². The summed E-state index contributed by atoms with van der Waals surface area (Å²) >= 11 is 6.11. The van der Waals surface area contributed by atoms with Gasteiger partial charge in [0.25, 0.3) is 0 Å². The summed E-state index contributed by atoms with van der Waals surface area (Å²) < 4.78 is 0. The number of amides is 1. The molecule has 25 heavy (non-hydrogen) atoms. The largest absolute Gasteiger partial charge is 0.369 e. The Kier molecular flexibility index (Phi) is 6.57. The van der Waals surface area contributed by atoms with Crippen LogP contribution in [0.4, 0.5) is 5.69 Å². The second-order valence-electron chi connectivity index (χ2n) is 7.03. The molecule has 5 nitrogen and oxygen atoms in total. The first-order chi connectivity index (χ1) is 12.2. The van der Waals surface area contributed by atoms with E-state index < -0.39 is 0 Å². The molecular formula is C19H29ClN4O. The van der Waals surface area contributed by atoms with Crippen molar-refractivity contribution < 1.29 is 4.79 Å². The third-order valence-corrected chi connectivity index (χ3v) is 5.58. The lowest BCUT2D eigenvalue weighted by atomic mass is 10.0. The van der Waals surface area contributed by atoms with E-state index in [2.05, 4.69) is 15.9 Å². The van der Waals surface area contributed by atoms with Gasteiger partial charge in [-0.1, -0.05) is 17.7 Å². The highest BCUT2D eigenvalue weighted by molar-refractivity contribution is 6.30. The minimum Gasteiger partial charge on any atom is -0.369 e. The number of rotatable bonds is 5. The molecule has 1 atom stereocenters. The van der Waals surface area contributed by atoms with Crippen LogP contribution < -0.4 is 10.6 Å². The average molecular weight is 365 g/mol. The zero-order valence-corrected chi connectivity index (χ0v) is 15.6. The molecule has 1 aromatic carbocycles. The van der Waals surface area contributed by atoms with Crippen molar-refractivity contribution in [2.45, 2.75) is 31.7 Å². The third kappa shape index (κ3) is 4.87. The van der Waals surface area contributed by atoms with Crippen molar-refractivity contribution in [1.82, 2.24) is 9.80 Å². The summed E-state index contributed by atoms with van der Waals surface area (Å²) in [6.45, 7) is 6.48. The van der Waals surface area contributed by atoms with E-state index in [4.69, 9.17) is 17.3 Å². The molecule has 0 aromatic heterocycles. The van der Waals surface area contributed by atoms with Gasteiger partial charge >= 0.3 is 0 Å². The van der Waals surface area contributed by atoms with Crippen molar-refractivity contribution in [1.29, 1.82) is 0 Å². The summed E-state index contributed by atoms with van der Waals surface area (Å²) in [4.78, 5) is 19.3. The summed E-state index contributed by atoms with van der Waals surface area (Å²) in [5, 5.41) is 0.791. The van der Waals surface area contributed by atoms with E-state index in [1.165, 1.54) is 12.1 Å². The monoisotopic (exact) mass is 364 g/mol. The number of likely N-dealkylation sites (tertiary alicyclic amines) is 1. The van der Waals surface area contributed by atoms with Crippen molar-refractivity contribution in [2.75, 3.05) is 50.7 Å². The molecule has 0 spiro atoms. The van der Waals surface area contributed by atoms with Crippen molar-refractivity contribution in [3.8, 4) is 0 Å². The molecule has 2 saturated heterocycles. The number of piperazine rings is 1. The molecule has 2 aliphatic heterocycles. The molecule has 1 amide bonds. The standard InChI is InChI=1S/C19H29ClN4O/c20-16-4-1-5-17(14-16)22-10-12-23(13-11-22)18-6-3-9-24(15-18)19(25)7-2-8-21/h1,4-5,14,18H,2-3,6-13,15,21H2. The normalized spacial score (nSPS) is 22.2. The highest BCUT2D eigenvalue weighted by Gasteiger charge is 2.29. The van der Waals surface area contributed by atoms with Gasteiger partial charge in [0.1, 0.15) is 0 Å². The number of nitrogens with two attached hydrogens (primary N) is 1. The average Bonchev–Trinajstić information content (AvgIpc) is 2.66. The van der Waals surface area contributed by atoms with E-state index in [0.29, 0.717) is 19.0 Å². The Morgan fingerprint density at radius 1 is 1.20 bits per heavy atom. The highest BCUT2D eigenvalue weighted by atomic mass is 35.5. The van der Waals surface area contributed by atoms with Gasteiger partial charge in [-0.25, -0.2) is 0 Å². The van der Waals surface area contributed by atoms with E-state index >= 15 is 0 Å². The Morgan fingerprint density at radius 2 is 2.00 bits per heavy atom. The van der Waals surface area contributed by atoms with Crippen molar-refractivity contribution >= 4 is 23.2 Å². The molecule has 0 radical (unpaired) electrons. The Hall–Kier alpha value is -1.30. The molecule has 3 rings (SSSR count). The fourth-order valence-corrected chi connectivity index (χ4v) is 4.09. The van der Waals surface area contributed by atoms with Gasteiger partial charge in [0.2, 0.25) is 5.91 Å². The molecule has 0 bridgehead atoms. The number of carbonyl (C=O) groups is 1. The fraction of sp³-hybridized carbons (Fsp3) is 0.632. The number of benzene rings is 1.